The van der Waals surface area contributed by atoms with Gasteiger partial charge in [0, 0.05) is 12.1 Å². The highest BCUT2D eigenvalue weighted by Gasteiger charge is 2.29. The van der Waals surface area contributed by atoms with Gasteiger partial charge in [0.2, 0.25) is 5.91 Å². The number of rotatable bonds is 3. The molecule has 0 aliphatic rings. The molecule has 0 atom stereocenters. The lowest BCUT2D eigenvalue weighted by atomic mass is 10.1. The molecule has 0 aromatic heterocycles. The Bertz CT molecular complexity index is 433. The molecule has 0 bridgehead atoms. The molecular formula is C13H14F3NO. The van der Waals surface area contributed by atoms with Gasteiger partial charge in [-0.05, 0) is 37.6 Å². The van der Waals surface area contributed by atoms with Crippen molar-refractivity contribution in [2.24, 2.45) is 0 Å². The first-order valence-corrected chi connectivity index (χ1v) is 5.45. The number of hydrogen-bond acceptors (Lipinski definition) is 1. The molecule has 0 heterocycles. The lowest BCUT2D eigenvalue weighted by Crippen LogP contribution is -2.28. The van der Waals surface area contributed by atoms with Crippen LogP contribution in [0.25, 0.3) is 6.08 Å². The topological polar surface area (TPSA) is 29.1 Å². The molecule has 1 amide bonds. The van der Waals surface area contributed by atoms with Gasteiger partial charge >= 0.3 is 6.18 Å². The first-order valence-electron chi connectivity index (χ1n) is 5.45. The van der Waals surface area contributed by atoms with Crippen LogP contribution in [-0.2, 0) is 11.0 Å². The average molecular weight is 257 g/mol. The minimum absolute atomic E-state index is 0.0229. The number of amides is 1. The van der Waals surface area contributed by atoms with Crippen LogP contribution in [0.15, 0.2) is 30.3 Å². The van der Waals surface area contributed by atoms with Gasteiger partial charge in [-0.15, -0.1) is 0 Å². The van der Waals surface area contributed by atoms with Crippen LogP contribution in [0.1, 0.15) is 25.0 Å². The fourth-order valence-electron chi connectivity index (χ4n) is 1.29. The predicted molar refractivity (Wildman–Crippen MR) is 63.8 cm³/mol. The summed E-state index contributed by atoms with van der Waals surface area (Å²) in [7, 11) is 0. The normalized spacial score (nSPS) is 12.1. The highest BCUT2D eigenvalue weighted by molar-refractivity contribution is 5.91. The molecule has 0 aliphatic heterocycles. The smallest absolute Gasteiger partial charge is 0.350 e. The van der Waals surface area contributed by atoms with Crippen LogP contribution in [0.2, 0.25) is 0 Å². The third kappa shape index (κ3) is 4.61. The highest BCUT2D eigenvalue weighted by atomic mass is 19.4. The van der Waals surface area contributed by atoms with Crippen LogP contribution in [0.5, 0.6) is 0 Å². The van der Waals surface area contributed by atoms with Crippen LogP contribution in [0, 0.1) is 0 Å². The van der Waals surface area contributed by atoms with E-state index in [9.17, 15) is 18.0 Å². The fourth-order valence-corrected chi connectivity index (χ4v) is 1.29. The third-order valence-electron chi connectivity index (χ3n) is 2.10. The van der Waals surface area contributed by atoms with Crippen molar-refractivity contribution in [3.05, 3.63) is 41.5 Å². The van der Waals surface area contributed by atoms with Crippen molar-refractivity contribution in [2.45, 2.75) is 26.1 Å². The van der Waals surface area contributed by atoms with Crippen molar-refractivity contribution in [1.29, 1.82) is 0 Å². The van der Waals surface area contributed by atoms with Crippen LogP contribution in [0.3, 0.4) is 0 Å². The molecule has 5 heteroatoms. The Morgan fingerprint density at radius 2 is 1.78 bits per heavy atom. The van der Waals surface area contributed by atoms with Gasteiger partial charge in [-0.1, -0.05) is 12.1 Å². The summed E-state index contributed by atoms with van der Waals surface area (Å²) in [5.41, 5.74) is -0.159. The predicted octanol–water partition coefficient (Wildman–Crippen LogP) is 3.24. The van der Waals surface area contributed by atoms with E-state index >= 15 is 0 Å². The van der Waals surface area contributed by atoms with Crippen molar-refractivity contribution in [3.8, 4) is 0 Å². The van der Waals surface area contributed by atoms with E-state index in [2.05, 4.69) is 5.32 Å². The molecule has 0 aliphatic carbocycles. The van der Waals surface area contributed by atoms with Crippen molar-refractivity contribution in [3.63, 3.8) is 0 Å². The Balaban J connectivity index is 2.70. The maximum absolute atomic E-state index is 12.3. The first-order chi connectivity index (χ1) is 8.29. The van der Waals surface area contributed by atoms with E-state index < -0.39 is 11.7 Å². The Kier molecular flexibility index (Phi) is 4.53. The van der Waals surface area contributed by atoms with Gasteiger partial charge in [0.1, 0.15) is 0 Å². The molecule has 1 aromatic rings. The number of halogens is 3. The largest absolute Gasteiger partial charge is 0.416 e. The summed E-state index contributed by atoms with van der Waals surface area (Å²) in [5.74, 6) is -0.273. The van der Waals surface area contributed by atoms with Gasteiger partial charge in [-0.2, -0.15) is 13.2 Å². The summed E-state index contributed by atoms with van der Waals surface area (Å²) >= 11 is 0. The Morgan fingerprint density at radius 3 is 2.22 bits per heavy atom. The van der Waals surface area contributed by atoms with Crippen molar-refractivity contribution in [1.82, 2.24) is 5.32 Å². The van der Waals surface area contributed by atoms with Gasteiger partial charge in [0.15, 0.2) is 0 Å². The SMILES string of the molecule is CC(C)NC(=O)/C=C/c1ccc(C(F)(F)F)cc1. The quantitative estimate of drug-likeness (QED) is 0.827. The minimum atomic E-state index is -4.34. The van der Waals surface area contributed by atoms with Crippen LogP contribution in [-0.4, -0.2) is 11.9 Å². The van der Waals surface area contributed by atoms with Gasteiger partial charge in [0.25, 0.3) is 0 Å². The van der Waals surface area contributed by atoms with E-state index in [4.69, 9.17) is 0 Å². The van der Waals surface area contributed by atoms with E-state index in [0.29, 0.717) is 5.56 Å². The molecule has 1 N–H and O–H groups in total. The molecule has 0 radical (unpaired) electrons. The second-order valence-corrected chi connectivity index (χ2v) is 4.12. The maximum Gasteiger partial charge on any atom is 0.416 e. The lowest BCUT2D eigenvalue weighted by molar-refractivity contribution is -0.137. The molecule has 0 saturated carbocycles. The fraction of sp³-hybridized carbons (Fsp3) is 0.308. The summed E-state index contributed by atoms with van der Waals surface area (Å²) < 4.78 is 36.9. The molecule has 18 heavy (non-hydrogen) atoms. The lowest BCUT2D eigenvalue weighted by Gasteiger charge is -2.06. The number of carbonyl (C=O) groups excluding carboxylic acids is 1. The number of hydrogen-bond donors (Lipinski definition) is 1. The summed E-state index contributed by atoms with van der Waals surface area (Å²) in [4.78, 5) is 11.3. The Hall–Kier alpha value is -1.78. The maximum atomic E-state index is 12.3. The van der Waals surface area contributed by atoms with Crippen molar-refractivity contribution >= 4 is 12.0 Å². The van der Waals surface area contributed by atoms with E-state index in [1.807, 2.05) is 13.8 Å². The van der Waals surface area contributed by atoms with E-state index in [1.54, 1.807) is 0 Å². The Labute approximate surface area is 104 Å². The first kappa shape index (κ1) is 14.3. The summed E-state index contributed by atoms with van der Waals surface area (Å²) in [6, 6.07) is 4.64. The monoisotopic (exact) mass is 257 g/mol. The zero-order chi connectivity index (χ0) is 13.8. The second kappa shape index (κ2) is 5.71. The summed E-state index contributed by atoms with van der Waals surface area (Å²) in [6.07, 6.45) is -1.57. The minimum Gasteiger partial charge on any atom is -0.350 e. The molecule has 0 saturated heterocycles. The van der Waals surface area contributed by atoms with Crippen LogP contribution >= 0.6 is 0 Å². The van der Waals surface area contributed by atoms with Crippen LogP contribution in [0.4, 0.5) is 13.2 Å². The van der Waals surface area contributed by atoms with Crippen molar-refractivity contribution in [2.75, 3.05) is 0 Å². The zero-order valence-electron chi connectivity index (χ0n) is 10.1. The molecule has 1 rings (SSSR count). The number of nitrogens with one attached hydrogen (secondary N) is 1. The summed E-state index contributed by atoms with van der Waals surface area (Å²) in [5, 5.41) is 2.64. The molecule has 98 valence electrons. The zero-order valence-corrected chi connectivity index (χ0v) is 10.1. The average Bonchev–Trinajstić information content (AvgIpc) is 2.25. The molecule has 1 aromatic carbocycles. The van der Waals surface area contributed by atoms with Gasteiger partial charge < -0.3 is 5.32 Å². The van der Waals surface area contributed by atoms with Gasteiger partial charge in [0.05, 0.1) is 5.56 Å². The molecule has 0 unspecified atom stereocenters. The highest BCUT2D eigenvalue weighted by Crippen LogP contribution is 2.29. The standard InChI is InChI=1S/C13H14F3NO/c1-9(2)17-12(18)8-5-10-3-6-11(7-4-10)13(14,15)16/h3-9H,1-2H3,(H,17,18)/b8-5+. The van der Waals surface area contributed by atoms with Crippen LogP contribution < -0.4 is 5.32 Å². The third-order valence-corrected chi connectivity index (χ3v) is 2.10. The van der Waals surface area contributed by atoms with Crippen molar-refractivity contribution < 1.29 is 18.0 Å². The molecular weight excluding hydrogens is 243 g/mol. The number of alkyl halides is 3. The van der Waals surface area contributed by atoms with E-state index in [-0.39, 0.29) is 11.9 Å². The van der Waals surface area contributed by atoms with E-state index in [0.717, 1.165) is 12.1 Å². The summed E-state index contributed by atoms with van der Waals surface area (Å²) in [6.45, 7) is 3.65. The Morgan fingerprint density at radius 1 is 1.22 bits per heavy atom. The van der Waals surface area contributed by atoms with Gasteiger partial charge in [-0.25, -0.2) is 0 Å². The number of carbonyl (C=O) groups is 1. The second-order valence-electron chi connectivity index (χ2n) is 4.12. The molecule has 2 nitrogen and oxygen atoms in total. The molecule has 0 fully saturated rings. The van der Waals surface area contributed by atoms with Gasteiger partial charge in [-0.3, -0.25) is 4.79 Å². The molecule has 0 spiro atoms. The number of benzene rings is 1. The van der Waals surface area contributed by atoms with E-state index in [1.165, 1.54) is 24.3 Å².